The fraction of sp³-hybridized carbons (Fsp3) is 0.345. The summed E-state index contributed by atoms with van der Waals surface area (Å²) in [6.45, 7) is 0.840. The van der Waals surface area contributed by atoms with Gasteiger partial charge in [-0.05, 0) is 42.5 Å². The standard InChI is InChI=1S/C29H32ClN5O7S/c1-33(2)27(36)23-17-31-13-14-34(23)29(20-7-6-12-32-26(20)42-5)21-15-18(30)8-10-22(21)35(28(29)37)43(38,39)25-11-9-19(40-3)16-24(25)41-4/h6-12,15-16,23,31H,13-14,17H2,1-5H3/t23?,29-/m1/s1. The van der Waals surface area contributed by atoms with Gasteiger partial charge in [0.05, 0.1) is 27.0 Å². The number of ether oxygens (including phenoxy) is 3. The summed E-state index contributed by atoms with van der Waals surface area (Å²) >= 11 is 6.54. The Bertz CT molecular complexity index is 1690. The molecule has 1 unspecified atom stereocenters. The van der Waals surface area contributed by atoms with E-state index in [1.165, 1.54) is 62.8 Å². The summed E-state index contributed by atoms with van der Waals surface area (Å²) in [5.74, 6) is -0.660. The van der Waals surface area contributed by atoms with Gasteiger partial charge < -0.3 is 24.4 Å². The molecule has 5 rings (SSSR count). The van der Waals surface area contributed by atoms with Gasteiger partial charge in [0.1, 0.15) is 22.4 Å². The molecule has 0 radical (unpaired) electrons. The number of rotatable bonds is 8. The van der Waals surface area contributed by atoms with E-state index in [1.54, 1.807) is 37.2 Å². The molecule has 1 saturated heterocycles. The minimum Gasteiger partial charge on any atom is -0.497 e. The fourth-order valence-electron chi connectivity index (χ4n) is 5.82. The Hall–Kier alpha value is -3.91. The van der Waals surface area contributed by atoms with Crippen LogP contribution in [0.25, 0.3) is 0 Å². The summed E-state index contributed by atoms with van der Waals surface area (Å²) < 4.78 is 46.2. The number of hydrogen-bond donors (Lipinski definition) is 1. The van der Waals surface area contributed by atoms with Crippen molar-refractivity contribution >= 4 is 39.1 Å². The molecule has 0 aliphatic carbocycles. The molecule has 14 heteroatoms. The van der Waals surface area contributed by atoms with Gasteiger partial charge in [0, 0.05) is 62.1 Å². The first-order chi connectivity index (χ1) is 20.5. The molecule has 2 amide bonds. The second kappa shape index (κ2) is 11.6. The van der Waals surface area contributed by atoms with E-state index < -0.39 is 27.5 Å². The number of benzene rings is 2. The lowest BCUT2D eigenvalue weighted by Gasteiger charge is -2.47. The summed E-state index contributed by atoms with van der Waals surface area (Å²) in [5, 5.41) is 3.50. The van der Waals surface area contributed by atoms with Crippen molar-refractivity contribution in [1.29, 1.82) is 0 Å². The maximum atomic E-state index is 15.2. The molecule has 2 atom stereocenters. The van der Waals surface area contributed by atoms with Gasteiger partial charge in [0.2, 0.25) is 11.8 Å². The number of aromatic nitrogens is 1. The van der Waals surface area contributed by atoms with Gasteiger partial charge in [0.25, 0.3) is 15.9 Å². The Balaban J connectivity index is 1.86. The Labute approximate surface area is 255 Å². The van der Waals surface area contributed by atoms with E-state index in [0.717, 1.165) is 4.31 Å². The minimum absolute atomic E-state index is 0.0121. The zero-order valence-electron chi connectivity index (χ0n) is 24.3. The van der Waals surface area contributed by atoms with Crippen molar-refractivity contribution in [3.05, 3.63) is 70.9 Å². The van der Waals surface area contributed by atoms with Crippen LogP contribution in [0.5, 0.6) is 17.4 Å². The second-order valence-corrected chi connectivity index (χ2v) is 12.4. The van der Waals surface area contributed by atoms with E-state index in [1.807, 2.05) is 0 Å². The molecule has 0 bridgehead atoms. The Kier molecular flexibility index (Phi) is 8.27. The van der Waals surface area contributed by atoms with Crippen LogP contribution in [0.15, 0.2) is 59.6 Å². The number of anilines is 1. The maximum Gasteiger partial charge on any atom is 0.274 e. The first-order valence-electron chi connectivity index (χ1n) is 13.3. The minimum atomic E-state index is -4.61. The van der Waals surface area contributed by atoms with E-state index in [-0.39, 0.29) is 57.4 Å². The van der Waals surface area contributed by atoms with E-state index >= 15 is 4.79 Å². The van der Waals surface area contributed by atoms with Crippen LogP contribution < -0.4 is 23.8 Å². The molecular weight excluding hydrogens is 598 g/mol. The number of piperazine rings is 1. The highest BCUT2D eigenvalue weighted by molar-refractivity contribution is 7.93. The maximum absolute atomic E-state index is 15.2. The van der Waals surface area contributed by atoms with Crippen LogP contribution in [0.2, 0.25) is 5.02 Å². The van der Waals surface area contributed by atoms with Crippen LogP contribution >= 0.6 is 11.6 Å². The van der Waals surface area contributed by atoms with Gasteiger partial charge in [-0.1, -0.05) is 11.6 Å². The van der Waals surface area contributed by atoms with Gasteiger partial charge in [-0.25, -0.2) is 17.7 Å². The predicted octanol–water partition coefficient (Wildman–Crippen LogP) is 2.10. The molecule has 1 N–H and O–H groups in total. The summed E-state index contributed by atoms with van der Waals surface area (Å²) in [6.07, 6.45) is 1.51. The number of carbonyl (C=O) groups excluding carboxylic acids is 2. The highest BCUT2D eigenvalue weighted by Crippen LogP contribution is 2.54. The number of likely N-dealkylation sites (N-methyl/N-ethyl adjacent to an activating group) is 1. The van der Waals surface area contributed by atoms with Crippen LogP contribution in [-0.4, -0.2) is 96.1 Å². The number of fused-ring (bicyclic) bond motifs is 1. The topological polar surface area (TPSA) is 131 Å². The number of halogens is 1. The zero-order chi connectivity index (χ0) is 31.1. The number of pyridine rings is 1. The largest absolute Gasteiger partial charge is 0.497 e. The van der Waals surface area contributed by atoms with Gasteiger partial charge >= 0.3 is 0 Å². The lowest BCUT2D eigenvalue weighted by molar-refractivity contribution is -0.141. The van der Waals surface area contributed by atoms with Crippen molar-refractivity contribution in [3.8, 4) is 17.4 Å². The Morgan fingerprint density at radius 2 is 1.84 bits per heavy atom. The number of amides is 2. The number of methoxy groups -OCH3 is 3. The molecule has 3 heterocycles. The summed E-state index contributed by atoms with van der Waals surface area (Å²) in [7, 11) is 2.83. The molecule has 0 saturated carbocycles. The normalized spacial score (nSPS) is 20.5. The molecule has 1 aromatic heterocycles. The van der Waals surface area contributed by atoms with Crippen molar-refractivity contribution in [2.75, 3.05) is 59.4 Å². The van der Waals surface area contributed by atoms with Crippen LogP contribution in [-0.2, 0) is 25.2 Å². The van der Waals surface area contributed by atoms with Gasteiger partial charge in [-0.2, -0.15) is 0 Å². The number of sulfonamides is 1. The van der Waals surface area contributed by atoms with E-state index in [0.29, 0.717) is 12.3 Å². The lowest BCUT2D eigenvalue weighted by Crippen LogP contribution is -2.67. The predicted molar refractivity (Wildman–Crippen MR) is 159 cm³/mol. The molecule has 1 fully saturated rings. The molecule has 12 nitrogen and oxygen atoms in total. The van der Waals surface area contributed by atoms with Crippen LogP contribution in [0.4, 0.5) is 5.69 Å². The Morgan fingerprint density at radius 3 is 2.51 bits per heavy atom. The van der Waals surface area contributed by atoms with Gasteiger partial charge in [-0.3, -0.25) is 14.5 Å². The van der Waals surface area contributed by atoms with Crippen molar-refractivity contribution in [2.24, 2.45) is 0 Å². The van der Waals surface area contributed by atoms with Crippen molar-refractivity contribution in [1.82, 2.24) is 20.1 Å². The highest BCUT2D eigenvalue weighted by Gasteiger charge is 2.63. The first kappa shape index (κ1) is 30.5. The van der Waals surface area contributed by atoms with Crippen LogP contribution in [0.3, 0.4) is 0 Å². The van der Waals surface area contributed by atoms with Crippen molar-refractivity contribution in [2.45, 2.75) is 16.5 Å². The average molecular weight is 630 g/mol. The van der Waals surface area contributed by atoms with Gasteiger partial charge in [0.15, 0.2) is 5.54 Å². The van der Waals surface area contributed by atoms with E-state index in [2.05, 4.69) is 10.3 Å². The highest BCUT2D eigenvalue weighted by atomic mass is 35.5. The third-order valence-electron chi connectivity index (χ3n) is 7.70. The summed E-state index contributed by atoms with van der Waals surface area (Å²) in [6, 6.07) is 11.2. The quantitative estimate of drug-likeness (QED) is 0.395. The van der Waals surface area contributed by atoms with Crippen LogP contribution in [0, 0.1) is 0 Å². The Morgan fingerprint density at radius 1 is 1.07 bits per heavy atom. The third-order valence-corrected chi connectivity index (χ3v) is 9.68. The number of nitrogens with zero attached hydrogens (tertiary/aromatic N) is 4. The molecule has 2 aliphatic heterocycles. The van der Waals surface area contributed by atoms with Crippen molar-refractivity contribution < 1.29 is 32.2 Å². The summed E-state index contributed by atoms with van der Waals surface area (Å²) in [4.78, 5) is 36.1. The molecule has 3 aromatic rings. The summed E-state index contributed by atoms with van der Waals surface area (Å²) in [5.41, 5.74) is -1.26. The van der Waals surface area contributed by atoms with Crippen molar-refractivity contribution in [3.63, 3.8) is 0 Å². The molecule has 0 spiro atoms. The SMILES string of the molecule is COc1ccc(S(=O)(=O)N2C(=O)[C@](c3cccnc3OC)(N3CCNCC3C(=O)N(C)C)c3cc(Cl)ccc32)c(OC)c1. The lowest BCUT2D eigenvalue weighted by atomic mass is 9.80. The van der Waals surface area contributed by atoms with Crippen LogP contribution in [0.1, 0.15) is 11.1 Å². The number of hydrogen-bond acceptors (Lipinski definition) is 10. The second-order valence-electron chi connectivity index (χ2n) is 10.2. The number of carbonyl (C=O) groups is 2. The van der Waals surface area contributed by atoms with E-state index in [9.17, 15) is 13.2 Å². The fourth-order valence-corrected chi connectivity index (χ4v) is 7.59. The molecule has 43 heavy (non-hydrogen) atoms. The first-order valence-corrected chi connectivity index (χ1v) is 15.2. The molecule has 2 aromatic carbocycles. The van der Waals surface area contributed by atoms with Gasteiger partial charge in [-0.15, -0.1) is 0 Å². The molecule has 2 aliphatic rings. The smallest absolute Gasteiger partial charge is 0.274 e. The molecular formula is C29H32ClN5O7S. The van der Waals surface area contributed by atoms with E-state index in [4.69, 9.17) is 25.8 Å². The third kappa shape index (κ3) is 4.76. The monoisotopic (exact) mass is 629 g/mol. The molecule has 228 valence electrons. The zero-order valence-corrected chi connectivity index (χ0v) is 25.9. The average Bonchev–Trinajstić information content (AvgIpc) is 3.28. The number of nitrogens with one attached hydrogen (secondary N) is 1.